The third kappa shape index (κ3) is 3.17. The summed E-state index contributed by atoms with van der Waals surface area (Å²) in [5.74, 6) is -0.357. The standard InChI is InChI=1S/C19H17ClN6O/c1-11-5-3-4-6-15(11)22-18(27)16-12(2)21-19-23-24-25-26(19)17(16)13-7-9-14(20)10-8-13/h3-10,16-17H,2H2,1H3,(H,22,27)(H,21,23,25). The van der Waals surface area contributed by atoms with Crippen LogP contribution in [0, 0.1) is 12.8 Å². The number of nitrogens with one attached hydrogen (secondary N) is 2. The van der Waals surface area contributed by atoms with Gasteiger partial charge in [-0.25, -0.2) is 4.68 Å². The fourth-order valence-electron chi connectivity index (χ4n) is 3.24. The van der Waals surface area contributed by atoms with Gasteiger partial charge in [0.2, 0.25) is 11.9 Å². The zero-order valence-corrected chi connectivity index (χ0v) is 15.3. The number of anilines is 2. The van der Waals surface area contributed by atoms with Crippen LogP contribution in [0.15, 0.2) is 60.8 Å². The van der Waals surface area contributed by atoms with Crippen LogP contribution in [0.25, 0.3) is 0 Å². The number of aromatic nitrogens is 4. The van der Waals surface area contributed by atoms with E-state index in [1.807, 2.05) is 43.3 Å². The van der Waals surface area contributed by atoms with Crippen molar-refractivity contribution in [1.82, 2.24) is 20.2 Å². The lowest BCUT2D eigenvalue weighted by Gasteiger charge is -2.33. The van der Waals surface area contributed by atoms with Crippen molar-refractivity contribution in [2.24, 2.45) is 5.92 Å². The number of fused-ring (bicyclic) bond motifs is 1. The first-order valence-corrected chi connectivity index (χ1v) is 8.78. The average molecular weight is 381 g/mol. The number of hydrogen-bond acceptors (Lipinski definition) is 5. The van der Waals surface area contributed by atoms with Gasteiger partial charge in [0.25, 0.3) is 0 Å². The summed E-state index contributed by atoms with van der Waals surface area (Å²) in [7, 11) is 0. The maximum absolute atomic E-state index is 13.2. The van der Waals surface area contributed by atoms with Gasteiger partial charge < -0.3 is 10.6 Å². The molecular formula is C19H17ClN6O. The molecule has 1 aromatic heterocycles. The number of carbonyl (C=O) groups is 1. The van der Waals surface area contributed by atoms with Gasteiger partial charge in [-0.15, -0.1) is 0 Å². The van der Waals surface area contributed by atoms with Gasteiger partial charge in [0, 0.05) is 16.4 Å². The van der Waals surface area contributed by atoms with Gasteiger partial charge in [-0.1, -0.05) is 53.6 Å². The minimum atomic E-state index is -0.609. The van der Waals surface area contributed by atoms with Crippen LogP contribution in [0.4, 0.5) is 11.6 Å². The highest BCUT2D eigenvalue weighted by molar-refractivity contribution is 6.30. The highest BCUT2D eigenvalue weighted by Gasteiger charge is 2.40. The molecule has 0 radical (unpaired) electrons. The number of carbonyl (C=O) groups excluding carboxylic acids is 1. The Morgan fingerprint density at radius 1 is 1.22 bits per heavy atom. The van der Waals surface area contributed by atoms with Crippen molar-refractivity contribution in [3.8, 4) is 0 Å². The van der Waals surface area contributed by atoms with Crippen molar-refractivity contribution in [2.45, 2.75) is 13.0 Å². The molecule has 0 bridgehead atoms. The quantitative estimate of drug-likeness (QED) is 0.727. The normalized spacial score (nSPS) is 18.5. The summed E-state index contributed by atoms with van der Waals surface area (Å²) in [5.41, 5.74) is 3.13. The summed E-state index contributed by atoms with van der Waals surface area (Å²) in [6.45, 7) is 5.99. The summed E-state index contributed by atoms with van der Waals surface area (Å²) < 4.78 is 1.60. The molecule has 4 rings (SSSR count). The third-order valence-corrected chi connectivity index (χ3v) is 4.87. The fourth-order valence-corrected chi connectivity index (χ4v) is 3.36. The second-order valence-corrected chi connectivity index (χ2v) is 6.81. The van der Waals surface area contributed by atoms with Crippen molar-refractivity contribution in [2.75, 3.05) is 10.6 Å². The molecule has 0 aliphatic carbocycles. The molecule has 7 nitrogen and oxygen atoms in total. The molecule has 136 valence electrons. The molecule has 0 saturated heterocycles. The van der Waals surface area contributed by atoms with E-state index in [1.165, 1.54) is 0 Å². The predicted octanol–water partition coefficient (Wildman–Crippen LogP) is 3.42. The van der Waals surface area contributed by atoms with Gasteiger partial charge in [0.05, 0.1) is 6.04 Å². The molecule has 2 heterocycles. The number of rotatable bonds is 3. The molecule has 1 aliphatic heterocycles. The number of para-hydroxylation sites is 1. The number of halogens is 1. The van der Waals surface area contributed by atoms with Crippen LogP contribution in [0.3, 0.4) is 0 Å². The third-order valence-electron chi connectivity index (χ3n) is 4.62. The fraction of sp³-hybridized carbons (Fsp3) is 0.158. The van der Waals surface area contributed by atoms with E-state index in [2.05, 4.69) is 32.7 Å². The van der Waals surface area contributed by atoms with E-state index in [1.54, 1.807) is 16.8 Å². The van der Waals surface area contributed by atoms with Crippen LogP contribution < -0.4 is 10.6 Å². The second-order valence-electron chi connectivity index (χ2n) is 6.38. The Morgan fingerprint density at radius 2 is 1.96 bits per heavy atom. The van der Waals surface area contributed by atoms with E-state index >= 15 is 0 Å². The largest absolute Gasteiger partial charge is 0.326 e. The molecule has 0 spiro atoms. The van der Waals surface area contributed by atoms with Crippen molar-refractivity contribution in [1.29, 1.82) is 0 Å². The summed E-state index contributed by atoms with van der Waals surface area (Å²) in [5, 5.41) is 18.4. The average Bonchev–Trinajstić information content (AvgIpc) is 3.11. The molecule has 2 N–H and O–H groups in total. The lowest BCUT2D eigenvalue weighted by atomic mass is 9.88. The highest BCUT2D eigenvalue weighted by Crippen LogP contribution is 2.37. The Hall–Kier alpha value is -3.19. The minimum Gasteiger partial charge on any atom is -0.326 e. The molecule has 27 heavy (non-hydrogen) atoms. The molecular weight excluding hydrogens is 364 g/mol. The Kier molecular flexibility index (Phi) is 4.37. The number of tetrazole rings is 1. The summed E-state index contributed by atoms with van der Waals surface area (Å²) in [6.07, 6.45) is 0. The number of nitrogens with zero attached hydrogens (tertiary/aromatic N) is 4. The van der Waals surface area contributed by atoms with Crippen LogP contribution in [0.5, 0.6) is 0 Å². The monoisotopic (exact) mass is 380 g/mol. The summed E-state index contributed by atoms with van der Waals surface area (Å²) in [6, 6.07) is 14.5. The van der Waals surface area contributed by atoms with Gasteiger partial charge >= 0.3 is 0 Å². The number of hydrogen-bond donors (Lipinski definition) is 2. The highest BCUT2D eigenvalue weighted by atomic mass is 35.5. The maximum Gasteiger partial charge on any atom is 0.247 e. The Morgan fingerprint density at radius 3 is 2.70 bits per heavy atom. The smallest absolute Gasteiger partial charge is 0.247 e. The van der Waals surface area contributed by atoms with Crippen molar-refractivity contribution in [3.63, 3.8) is 0 Å². The maximum atomic E-state index is 13.2. The Balaban J connectivity index is 1.74. The van der Waals surface area contributed by atoms with Gasteiger partial charge in [-0.2, -0.15) is 0 Å². The summed E-state index contributed by atoms with van der Waals surface area (Å²) in [4.78, 5) is 13.2. The Bertz CT molecular complexity index is 1010. The van der Waals surface area contributed by atoms with E-state index in [-0.39, 0.29) is 5.91 Å². The molecule has 0 saturated carbocycles. The van der Waals surface area contributed by atoms with Gasteiger partial charge in [0.1, 0.15) is 5.92 Å². The first-order chi connectivity index (χ1) is 13.0. The van der Waals surface area contributed by atoms with Gasteiger partial charge in [-0.3, -0.25) is 4.79 Å². The molecule has 0 fully saturated rings. The number of amides is 1. The molecule has 8 heteroatoms. The van der Waals surface area contributed by atoms with Crippen LogP contribution in [0.1, 0.15) is 17.2 Å². The predicted molar refractivity (Wildman–Crippen MR) is 103 cm³/mol. The second kappa shape index (κ2) is 6.85. The van der Waals surface area contributed by atoms with Gasteiger partial charge in [0.15, 0.2) is 0 Å². The van der Waals surface area contributed by atoms with Crippen LogP contribution in [-0.2, 0) is 4.79 Å². The number of aryl methyl sites for hydroxylation is 1. The molecule has 2 unspecified atom stereocenters. The van der Waals surface area contributed by atoms with E-state index in [0.29, 0.717) is 16.7 Å². The molecule has 2 aromatic carbocycles. The van der Waals surface area contributed by atoms with Crippen LogP contribution in [0.2, 0.25) is 5.02 Å². The van der Waals surface area contributed by atoms with Crippen LogP contribution in [-0.4, -0.2) is 26.1 Å². The summed E-state index contributed by atoms with van der Waals surface area (Å²) >= 11 is 6.03. The zero-order chi connectivity index (χ0) is 19.0. The molecule has 3 aromatic rings. The Labute approximate surface area is 161 Å². The van der Waals surface area contributed by atoms with Crippen LogP contribution >= 0.6 is 11.6 Å². The first-order valence-electron chi connectivity index (χ1n) is 8.40. The molecule has 1 amide bonds. The topological polar surface area (TPSA) is 84.7 Å². The van der Waals surface area contributed by atoms with Crippen molar-refractivity contribution >= 4 is 29.1 Å². The van der Waals surface area contributed by atoms with Crippen molar-refractivity contribution in [3.05, 3.63) is 77.0 Å². The molecule has 2 atom stereocenters. The van der Waals surface area contributed by atoms with Crippen molar-refractivity contribution < 1.29 is 4.79 Å². The minimum absolute atomic E-state index is 0.192. The van der Waals surface area contributed by atoms with E-state index in [9.17, 15) is 4.79 Å². The zero-order valence-electron chi connectivity index (χ0n) is 14.6. The lowest BCUT2D eigenvalue weighted by molar-refractivity contribution is -0.119. The first kappa shape index (κ1) is 17.2. The number of benzene rings is 2. The SMILES string of the molecule is C=C1Nc2nnnn2C(c2ccc(Cl)cc2)C1C(=O)Nc1ccccc1C. The van der Waals surface area contributed by atoms with E-state index in [0.717, 1.165) is 16.8 Å². The van der Waals surface area contributed by atoms with E-state index in [4.69, 9.17) is 11.6 Å². The molecule has 1 aliphatic rings. The van der Waals surface area contributed by atoms with Gasteiger partial charge in [-0.05, 0) is 46.7 Å². The lowest BCUT2D eigenvalue weighted by Crippen LogP contribution is -2.39. The van der Waals surface area contributed by atoms with E-state index < -0.39 is 12.0 Å².